The highest BCUT2D eigenvalue weighted by Crippen LogP contribution is 2.29. The van der Waals surface area contributed by atoms with Gasteiger partial charge in [0.05, 0.1) is 9.88 Å². The first kappa shape index (κ1) is 13.6. The number of hydrogen-bond donors (Lipinski definition) is 1. The van der Waals surface area contributed by atoms with Crippen LogP contribution in [0.2, 0.25) is 0 Å². The Kier molecular flexibility index (Phi) is 3.39. The van der Waals surface area contributed by atoms with Gasteiger partial charge in [0.15, 0.2) is 0 Å². The van der Waals surface area contributed by atoms with Crippen LogP contribution in [0.25, 0.3) is 11.0 Å². The van der Waals surface area contributed by atoms with E-state index in [0.29, 0.717) is 29.1 Å². The van der Waals surface area contributed by atoms with E-state index in [1.54, 1.807) is 42.7 Å². The molecule has 0 saturated heterocycles. The molecule has 3 rings (SSSR count). The van der Waals surface area contributed by atoms with Crippen molar-refractivity contribution in [3.63, 3.8) is 0 Å². The SMILES string of the molecule is Cc1ncc(COc2ccc3oc(C)c(C(=O)O)c3c2)s1. The molecular formula is C15H13NO4S. The van der Waals surface area contributed by atoms with E-state index in [-0.39, 0.29) is 5.56 Å². The second-order valence-corrected chi connectivity index (χ2v) is 5.95. The van der Waals surface area contributed by atoms with Gasteiger partial charge in [-0.2, -0.15) is 0 Å². The number of aromatic nitrogens is 1. The lowest BCUT2D eigenvalue weighted by atomic mass is 10.1. The Bertz CT molecular complexity index is 818. The van der Waals surface area contributed by atoms with Crippen molar-refractivity contribution in [3.8, 4) is 5.75 Å². The predicted molar refractivity (Wildman–Crippen MR) is 79.1 cm³/mol. The Morgan fingerprint density at radius 3 is 2.90 bits per heavy atom. The van der Waals surface area contributed by atoms with Gasteiger partial charge in [-0.1, -0.05) is 0 Å². The van der Waals surface area contributed by atoms with Gasteiger partial charge in [0.2, 0.25) is 0 Å². The maximum atomic E-state index is 11.3. The van der Waals surface area contributed by atoms with Gasteiger partial charge in [0.25, 0.3) is 0 Å². The monoisotopic (exact) mass is 303 g/mol. The number of ether oxygens (including phenoxy) is 1. The molecule has 0 saturated carbocycles. The zero-order chi connectivity index (χ0) is 15.0. The molecule has 0 fully saturated rings. The molecule has 1 aromatic carbocycles. The minimum absolute atomic E-state index is 0.184. The maximum Gasteiger partial charge on any atom is 0.339 e. The van der Waals surface area contributed by atoms with Gasteiger partial charge in [-0.3, -0.25) is 0 Å². The van der Waals surface area contributed by atoms with Crippen LogP contribution in [0.1, 0.15) is 26.0 Å². The number of carboxylic acid groups (broad SMARTS) is 1. The van der Waals surface area contributed by atoms with Crippen molar-refractivity contribution in [2.45, 2.75) is 20.5 Å². The molecule has 1 N–H and O–H groups in total. The molecule has 0 aliphatic rings. The highest BCUT2D eigenvalue weighted by Gasteiger charge is 2.17. The van der Waals surface area contributed by atoms with Crippen molar-refractivity contribution < 1.29 is 19.1 Å². The molecule has 0 bridgehead atoms. The quantitative estimate of drug-likeness (QED) is 0.794. The van der Waals surface area contributed by atoms with Crippen LogP contribution in [0, 0.1) is 13.8 Å². The normalized spacial score (nSPS) is 11.0. The lowest BCUT2D eigenvalue weighted by Gasteiger charge is -2.04. The lowest BCUT2D eigenvalue weighted by Crippen LogP contribution is -1.97. The summed E-state index contributed by atoms with van der Waals surface area (Å²) in [5.74, 6) is 0.00562. The molecule has 0 amide bonds. The Hall–Kier alpha value is -2.34. The van der Waals surface area contributed by atoms with Crippen molar-refractivity contribution in [2.75, 3.05) is 0 Å². The van der Waals surface area contributed by atoms with Crippen LogP contribution in [0.5, 0.6) is 5.75 Å². The number of rotatable bonds is 4. The number of aryl methyl sites for hydroxylation is 2. The van der Waals surface area contributed by atoms with E-state index < -0.39 is 5.97 Å². The summed E-state index contributed by atoms with van der Waals surface area (Å²) in [6, 6.07) is 5.19. The lowest BCUT2D eigenvalue weighted by molar-refractivity contribution is 0.0697. The summed E-state index contributed by atoms with van der Waals surface area (Å²) in [6.07, 6.45) is 1.78. The number of carboxylic acids is 1. The van der Waals surface area contributed by atoms with Gasteiger partial charge in [-0.25, -0.2) is 9.78 Å². The summed E-state index contributed by atoms with van der Waals surface area (Å²) in [4.78, 5) is 16.5. The number of carbonyl (C=O) groups is 1. The number of nitrogens with zero attached hydrogens (tertiary/aromatic N) is 1. The molecule has 0 aliphatic heterocycles. The Balaban J connectivity index is 1.89. The van der Waals surface area contributed by atoms with Gasteiger partial charge >= 0.3 is 5.97 Å². The zero-order valence-corrected chi connectivity index (χ0v) is 12.4. The van der Waals surface area contributed by atoms with Crippen molar-refractivity contribution in [2.24, 2.45) is 0 Å². The van der Waals surface area contributed by atoms with Gasteiger partial charge in [0.1, 0.15) is 29.3 Å². The van der Waals surface area contributed by atoms with Crippen LogP contribution in [-0.2, 0) is 6.61 Å². The summed E-state index contributed by atoms with van der Waals surface area (Å²) in [5.41, 5.74) is 0.731. The smallest absolute Gasteiger partial charge is 0.339 e. The largest absolute Gasteiger partial charge is 0.488 e. The van der Waals surface area contributed by atoms with Crippen LogP contribution >= 0.6 is 11.3 Å². The number of benzene rings is 1. The molecule has 2 heterocycles. The summed E-state index contributed by atoms with van der Waals surface area (Å²) in [7, 11) is 0. The molecule has 0 spiro atoms. The van der Waals surface area contributed by atoms with Gasteiger partial charge in [0, 0.05) is 11.6 Å². The first-order chi connectivity index (χ1) is 10.0. The number of fused-ring (bicyclic) bond motifs is 1. The third-order valence-corrected chi connectivity index (χ3v) is 3.99. The summed E-state index contributed by atoms with van der Waals surface area (Å²) in [6.45, 7) is 3.99. The maximum absolute atomic E-state index is 11.3. The Labute approximate surface area is 124 Å². The minimum atomic E-state index is -0.999. The van der Waals surface area contributed by atoms with Crippen molar-refractivity contribution in [3.05, 3.63) is 45.6 Å². The van der Waals surface area contributed by atoms with E-state index in [1.165, 1.54) is 0 Å². The molecule has 3 aromatic rings. The molecule has 21 heavy (non-hydrogen) atoms. The molecule has 0 unspecified atom stereocenters. The van der Waals surface area contributed by atoms with Crippen LogP contribution in [0.15, 0.2) is 28.8 Å². The van der Waals surface area contributed by atoms with Crippen molar-refractivity contribution in [1.82, 2.24) is 4.98 Å². The molecule has 6 heteroatoms. The van der Waals surface area contributed by atoms with E-state index in [4.69, 9.17) is 9.15 Å². The van der Waals surface area contributed by atoms with E-state index in [1.807, 2.05) is 6.92 Å². The average molecular weight is 303 g/mol. The molecule has 2 aromatic heterocycles. The molecule has 108 valence electrons. The molecular weight excluding hydrogens is 290 g/mol. The Morgan fingerprint density at radius 1 is 1.43 bits per heavy atom. The van der Waals surface area contributed by atoms with E-state index in [9.17, 15) is 9.90 Å². The van der Waals surface area contributed by atoms with E-state index >= 15 is 0 Å². The highest BCUT2D eigenvalue weighted by atomic mass is 32.1. The predicted octanol–water partition coefficient (Wildman–Crippen LogP) is 3.78. The second-order valence-electron chi connectivity index (χ2n) is 4.63. The third kappa shape index (κ3) is 2.62. The van der Waals surface area contributed by atoms with Gasteiger partial charge in [-0.05, 0) is 32.0 Å². The summed E-state index contributed by atoms with van der Waals surface area (Å²) >= 11 is 1.57. The van der Waals surface area contributed by atoms with Gasteiger partial charge < -0.3 is 14.3 Å². The number of aromatic carboxylic acids is 1. The third-order valence-electron chi connectivity index (χ3n) is 3.10. The fourth-order valence-corrected chi connectivity index (χ4v) is 2.89. The summed E-state index contributed by atoms with van der Waals surface area (Å²) in [5, 5.41) is 10.8. The molecule has 0 atom stereocenters. The fraction of sp³-hybridized carbons (Fsp3) is 0.200. The molecule has 0 radical (unpaired) electrons. The first-order valence-electron chi connectivity index (χ1n) is 6.35. The standard InChI is InChI=1S/C15H13NO4S/c1-8-14(15(17)18)12-5-10(3-4-13(12)20-8)19-7-11-6-16-9(2)21-11/h3-6H,7H2,1-2H3,(H,17,18). The van der Waals surface area contributed by atoms with Crippen LogP contribution in [0.3, 0.4) is 0 Å². The molecule has 0 aliphatic carbocycles. The van der Waals surface area contributed by atoms with Crippen LogP contribution in [-0.4, -0.2) is 16.1 Å². The topological polar surface area (TPSA) is 72.6 Å². The Morgan fingerprint density at radius 2 is 2.24 bits per heavy atom. The van der Waals surface area contributed by atoms with Crippen molar-refractivity contribution >= 4 is 28.3 Å². The van der Waals surface area contributed by atoms with E-state index in [2.05, 4.69) is 4.98 Å². The second kappa shape index (κ2) is 5.21. The summed E-state index contributed by atoms with van der Waals surface area (Å²) < 4.78 is 11.1. The number of thiazole rings is 1. The number of furan rings is 1. The van der Waals surface area contributed by atoms with Crippen LogP contribution < -0.4 is 4.74 Å². The fourth-order valence-electron chi connectivity index (χ4n) is 2.18. The number of hydrogen-bond acceptors (Lipinski definition) is 5. The van der Waals surface area contributed by atoms with E-state index in [0.717, 1.165) is 9.88 Å². The molecule has 5 nitrogen and oxygen atoms in total. The van der Waals surface area contributed by atoms with Crippen molar-refractivity contribution in [1.29, 1.82) is 0 Å². The zero-order valence-electron chi connectivity index (χ0n) is 11.5. The average Bonchev–Trinajstić information content (AvgIpc) is 2.98. The first-order valence-corrected chi connectivity index (χ1v) is 7.17. The minimum Gasteiger partial charge on any atom is -0.488 e. The van der Waals surface area contributed by atoms with Crippen LogP contribution in [0.4, 0.5) is 0 Å². The highest BCUT2D eigenvalue weighted by molar-refractivity contribution is 7.11. The van der Waals surface area contributed by atoms with Gasteiger partial charge in [-0.15, -0.1) is 11.3 Å².